The highest BCUT2D eigenvalue weighted by Crippen LogP contribution is 2.42. The number of piperidine rings is 1. The van der Waals surface area contributed by atoms with E-state index in [9.17, 15) is 4.79 Å². The Bertz CT molecular complexity index is 1420. The number of aryl methyl sites for hydroxylation is 1. The lowest BCUT2D eigenvalue weighted by Crippen LogP contribution is -2.33. The van der Waals surface area contributed by atoms with Crippen molar-refractivity contribution >= 4 is 49.9 Å². The average molecular weight is 520 g/mol. The van der Waals surface area contributed by atoms with Crippen molar-refractivity contribution in [2.24, 2.45) is 5.92 Å². The number of amides is 1. The molecule has 10 heteroatoms. The third-order valence-electron chi connectivity index (χ3n) is 7.54. The second kappa shape index (κ2) is 10.3. The molecule has 6 rings (SSSR count). The van der Waals surface area contributed by atoms with Crippen molar-refractivity contribution in [1.29, 1.82) is 0 Å². The minimum absolute atomic E-state index is 0.0309. The number of aromatic amines is 1. The number of thiophene rings is 1. The SMILES string of the molecule is CN(C)C(=O)[C@H]1CCc2c(sc3ncnc(Nc4cc5cn[nH]c5cc4OCCN4CCCCC4)c23)C1. The first-order chi connectivity index (χ1) is 18.1. The summed E-state index contributed by atoms with van der Waals surface area (Å²) in [5.41, 5.74) is 3.07. The lowest BCUT2D eigenvalue weighted by molar-refractivity contribution is -0.133. The third kappa shape index (κ3) is 4.87. The number of nitrogens with zero attached hydrogens (tertiary/aromatic N) is 5. The maximum absolute atomic E-state index is 12.6. The van der Waals surface area contributed by atoms with Crippen LogP contribution in [0.2, 0.25) is 0 Å². The Balaban J connectivity index is 1.28. The van der Waals surface area contributed by atoms with Crippen molar-refractivity contribution in [3.63, 3.8) is 0 Å². The molecule has 1 saturated heterocycles. The molecule has 1 aliphatic carbocycles. The average Bonchev–Trinajstić information content (AvgIpc) is 3.52. The van der Waals surface area contributed by atoms with Crippen LogP contribution in [0, 0.1) is 5.92 Å². The third-order valence-corrected chi connectivity index (χ3v) is 8.70. The number of rotatable bonds is 7. The number of hydrogen-bond acceptors (Lipinski definition) is 8. The molecule has 0 unspecified atom stereocenters. The Morgan fingerprint density at radius 2 is 2.11 bits per heavy atom. The van der Waals surface area contributed by atoms with Crippen LogP contribution in [-0.4, -0.2) is 76.2 Å². The molecule has 0 saturated carbocycles. The van der Waals surface area contributed by atoms with Gasteiger partial charge < -0.3 is 15.0 Å². The van der Waals surface area contributed by atoms with Crippen LogP contribution < -0.4 is 10.1 Å². The second-order valence-electron chi connectivity index (χ2n) is 10.3. The molecular weight excluding hydrogens is 486 g/mol. The Morgan fingerprint density at radius 1 is 1.24 bits per heavy atom. The van der Waals surface area contributed by atoms with Gasteiger partial charge in [-0.3, -0.25) is 14.8 Å². The molecule has 1 fully saturated rings. The molecule has 2 N–H and O–H groups in total. The molecular formula is C27H33N7O2S. The van der Waals surface area contributed by atoms with Crippen molar-refractivity contribution in [1.82, 2.24) is 30.0 Å². The van der Waals surface area contributed by atoms with E-state index in [2.05, 4.69) is 36.4 Å². The molecule has 0 bridgehead atoms. The number of anilines is 2. The predicted octanol–water partition coefficient (Wildman–Crippen LogP) is 4.37. The molecule has 1 amide bonds. The molecule has 4 aromatic rings. The number of carbonyl (C=O) groups excluding carboxylic acids is 1. The normalized spacial score (nSPS) is 18.2. The van der Waals surface area contributed by atoms with E-state index in [4.69, 9.17) is 4.74 Å². The Labute approximate surface area is 220 Å². The quantitative estimate of drug-likeness (QED) is 0.374. The summed E-state index contributed by atoms with van der Waals surface area (Å²) in [5, 5.41) is 12.9. The number of aromatic nitrogens is 4. The summed E-state index contributed by atoms with van der Waals surface area (Å²) in [6.07, 6.45) is 9.76. The van der Waals surface area contributed by atoms with Crippen LogP contribution in [-0.2, 0) is 17.6 Å². The number of H-pyrrole nitrogens is 1. The van der Waals surface area contributed by atoms with Gasteiger partial charge in [-0.2, -0.15) is 5.10 Å². The summed E-state index contributed by atoms with van der Waals surface area (Å²) >= 11 is 1.68. The number of benzene rings is 1. The largest absolute Gasteiger partial charge is 0.490 e. The molecule has 1 atom stereocenters. The fourth-order valence-corrected chi connectivity index (χ4v) is 6.83. The number of nitrogens with one attached hydrogen (secondary N) is 2. The number of ether oxygens (including phenoxy) is 1. The number of fused-ring (bicyclic) bond motifs is 4. The van der Waals surface area contributed by atoms with E-state index in [0.29, 0.717) is 6.61 Å². The molecule has 37 heavy (non-hydrogen) atoms. The van der Waals surface area contributed by atoms with E-state index in [1.54, 1.807) is 22.6 Å². The minimum Gasteiger partial charge on any atom is -0.490 e. The Kier molecular flexibility index (Phi) is 6.69. The second-order valence-corrected chi connectivity index (χ2v) is 11.3. The van der Waals surface area contributed by atoms with Crippen LogP contribution in [0.3, 0.4) is 0 Å². The maximum atomic E-state index is 12.6. The molecule has 4 heterocycles. The maximum Gasteiger partial charge on any atom is 0.225 e. The summed E-state index contributed by atoms with van der Waals surface area (Å²) in [4.78, 5) is 28.2. The zero-order chi connectivity index (χ0) is 25.4. The number of hydrogen-bond donors (Lipinski definition) is 2. The highest BCUT2D eigenvalue weighted by molar-refractivity contribution is 7.19. The van der Waals surface area contributed by atoms with Gasteiger partial charge in [0, 0.05) is 42.9 Å². The van der Waals surface area contributed by atoms with Gasteiger partial charge in [-0.1, -0.05) is 6.42 Å². The van der Waals surface area contributed by atoms with Gasteiger partial charge in [0.05, 0.1) is 22.8 Å². The fourth-order valence-electron chi connectivity index (χ4n) is 5.56. The first-order valence-corrected chi connectivity index (χ1v) is 13.9. The molecule has 0 radical (unpaired) electrons. The van der Waals surface area contributed by atoms with Crippen LogP contribution in [0.15, 0.2) is 24.7 Å². The zero-order valence-electron chi connectivity index (χ0n) is 21.4. The van der Waals surface area contributed by atoms with Gasteiger partial charge in [0.1, 0.15) is 29.3 Å². The first kappa shape index (κ1) is 24.1. The number of likely N-dealkylation sites (tertiary alicyclic amines) is 1. The first-order valence-electron chi connectivity index (χ1n) is 13.1. The lowest BCUT2D eigenvalue weighted by atomic mass is 9.87. The van der Waals surface area contributed by atoms with Crippen molar-refractivity contribution < 1.29 is 9.53 Å². The van der Waals surface area contributed by atoms with E-state index < -0.39 is 0 Å². The molecule has 3 aromatic heterocycles. The smallest absolute Gasteiger partial charge is 0.225 e. The summed E-state index contributed by atoms with van der Waals surface area (Å²) in [6, 6.07) is 4.08. The number of carbonyl (C=O) groups is 1. The Morgan fingerprint density at radius 3 is 2.95 bits per heavy atom. The standard InChI is InChI=1S/C27H33N7O2S/c1-33(2)27(35)17-6-7-19-23(13-17)37-26-24(19)25(28-16-29-26)31-21-12-18-15-30-32-20(18)14-22(21)36-11-10-34-8-4-3-5-9-34/h12,14-17H,3-11,13H2,1-2H3,(H,30,32)(H,28,29,31)/t17-/m0/s1. The summed E-state index contributed by atoms with van der Waals surface area (Å²) in [5.74, 6) is 1.79. The van der Waals surface area contributed by atoms with E-state index in [0.717, 1.165) is 77.3 Å². The van der Waals surface area contributed by atoms with E-state index in [1.165, 1.54) is 29.7 Å². The van der Waals surface area contributed by atoms with Crippen molar-refractivity contribution in [2.75, 3.05) is 45.7 Å². The fraction of sp³-hybridized carbons (Fsp3) is 0.481. The molecule has 9 nitrogen and oxygen atoms in total. The highest BCUT2D eigenvalue weighted by atomic mass is 32.1. The van der Waals surface area contributed by atoms with Gasteiger partial charge in [0.25, 0.3) is 0 Å². The summed E-state index contributed by atoms with van der Waals surface area (Å²) < 4.78 is 6.32. The van der Waals surface area contributed by atoms with Crippen LogP contribution in [0.4, 0.5) is 11.5 Å². The van der Waals surface area contributed by atoms with Crippen LogP contribution >= 0.6 is 11.3 Å². The van der Waals surface area contributed by atoms with Crippen molar-refractivity contribution in [3.8, 4) is 5.75 Å². The van der Waals surface area contributed by atoms with Gasteiger partial charge in [-0.05, 0) is 56.8 Å². The van der Waals surface area contributed by atoms with E-state index in [-0.39, 0.29) is 11.8 Å². The monoisotopic (exact) mass is 519 g/mol. The van der Waals surface area contributed by atoms with Gasteiger partial charge in [-0.25, -0.2) is 9.97 Å². The lowest BCUT2D eigenvalue weighted by Gasteiger charge is -2.26. The predicted molar refractivity (Wildman–Crippen MR) is 147 cm³/mol. The van der Waals surface area contributed by atoms with Crippen molar-refractivity contribution in [2.45, 2.75) is 38.5 Å². The topological polar surface area (TPSA) is 99.3 Å². The molecule has 2 aliphatic rings. The van der Waals surface area contributed by atoms with Crippen LogP contribution in [0.25, 0.3) is 21.1 Å². The van der Waals surface area contributed by atoms with Crippen LogP contribution in [0.5, 0.6) is 5.75 Å². The molecule has 1 aliphatic heterocycles. The molecule has 194 valence electrons. The highest BCUT2D eigenvalue weighted by Gasteiger charge is 2.30. The van der Waals surface area contributed by atoms with Gasteiger partial charge in [-0.15, -0.1) is 11.3 Å². The summed E-state index contributed by atoms with van der Waals surface area (Å²) in [7, 11) is 3.67. The Hall–Kier alpha value is -3.24. The minimum atomic E-state index is 0.0309. The van der Waals surface area contributed by atoms with E-state index >= 15 is 0 Å². The van der Waals surface area contributed by atoms with Gasteiger partial charge in [0.2, 0.25) is 5.91 Å². The van der Waals surface area contributed by atoms with Gasteiger partial charge >= 0.3 is 0 Å². The van der Waals surface area contributed by atoms with Crippen LogP contribution in [0.1, 0.15) is 36.1 Å². The van der Waals surface area contributed by atoms with E-state index in [1.807, 2.05) is 26.4 Å². The molecule has 0 spiro atoms. The van der Waals surface area contributed by atoms with Gasteiger partial charge in [0.15, 0.2) is 0 Å². The summed E-state index contributed by atoms with van der Waals surface area (Å²) in [6.45, 7) is 3.85. The zero-order valence-corrected chi connectivity index (χ0v) is 22.2. The molecule has 1 aromatic carbocycles. The van der Waals surface area contributed by atoms with Crippen molar-refractivity contribution in [3.05, 3.63) is 35.1 Å².